The van der Waals surface area contributed by atoms with Crippen LogP contribution in [0.3, 0.4) is 0 Å². The van der Waals surface area contributed by atoms with Gasteiger partial charge >= 0.3 is 0 Å². The number of rotatable bonds is 3. The lowest BCUT2D eigenvalue weighted by atomic mass is 10.0. The van der Waals surface area contributed by atoms with Gasteiger partial charge in [0.15, 0.2) is 0 Å². The molecule has 0 spiro atoms. The smallest absolute Gasteiger partial charge is 0.262 e. The van der Waals surface area contributed by atoms with E-state index in [1.54, 1.807) is 12.1 Å². The molecular formula is C17H21NO2S. The van der Waals surface area contributed by atoms with Crippen LogP contribution >= 0.6 is 0 Å². The first-order valence-electron chi connectivity index (χ1n) is 6.89. The second-order valence-corrected chi connectivity index (χ2v) is 7.18. The Labute approximate surface area is 127 Å². The molecule has 21 heavy (non-hydrogen) atoms. The zero-order chi connectivity index (χ0) is 15.8. The van der Waals surface area contributed by atoms with Gasteiger partial charge in [0, 0.05) is 5.69 Å². The van der Waals surface area contributed by atoms with Crippen LogP contribution in [0.25, 0.3) is 0 Å². The van der Waals surface area contributed by atoms with E-state index in [2.05, 4.69) is 4.72 Å². The number of hydrogen-bond acceptors (Lipinski definition) is 2. The SMILES string of the molecule is Cc1ccc(NS(=O)(=O)c2c(C)c(C)cc(C)c2C)cc1. The summed E-state index contributed by atoms with van der Waals surface area (Å²) in [5.74, 6) is 0. The van der Waals surface area contributed by atoms with Crippen molar-refractivity contribution in [3.05, 3.63) is 58.1 Å². The number of anilines is 1. The summed E-state index contributed by atoms with van der Waals surface area (Å²) in [5, 5.41) is 0. The van der Waals surface area contributed by atoms with Crippen molar-refractivity contribution in [2.75, 3.05) is 4.72 Å². The average molecular weight is 303 g/mol. The first kappa shape index (κ1) is 15.6. The summed E-state index contributed by atoms with van der Waals surface area (Å²) in [4.78, 5) is 0.389. The van der Waals surface area contributed by atoms with E-state index < -0.39 is 10.0 Å². The maximum Gasteiger partial charge on any atom is 0.262 e. The van der Waals surface area contributed by atoms with Crippen molar-refractivity contribution < 1.29 is 8.42 Å². The first-order chi connectivity index (χ1) is 9.72. The maximum absolute atomic E-state index is 12.7. The third kappa shape index (κ3) is 3.10. The number of aryl methyl sites for hydroxylation is 3. The minimum atomic E-state index is -3.58. The lowest BCUT2D eigenvalue weighted by Crippen LogP contribution is -2.17. The molecule has 0 saturated carbocycles. The summed E-state index contributed by atoms with van der Waals surface area (Å²) in [6, 6.07) is 9.36. The van der Waals surface area contributed by atoms with Gasteiger partial charge in [-0.05, 0) is 69.0 Å². The Balaban J connectivity index is 2.52. The third-order valence-corrected chi connectivity index (χ3v) is 5.52. The Morgan fingerprint density at radius 2 is 1.29 bits per heavy atom. The van der Waals surface area contributed by atoms with Crippen molar-refractivity contribution in [2.45, 2.75) is 39.5 Å². The summed E-state index contributed by atoms with van der Waals surface area (Å²) in [7, 11) is -3.58. The number of nitrogens with one attached hydrogen (secondary N) is 1. The van der Waals surface area contributed by atoms with Gasteiger partial charge in [-0.1, -0.05) is 23.8 Å². The van der Waals surface area contributed by atoms with Crippen LogP contribution in [0.1, 0.15) is 27.8 Å². The third-order valence-electron chi connectivity index (χ3n) is 3.87. The number of sulfonamides is 1. The molecule has 2 aromatic rings. The maximum atomic E-state index is 12.7. The Hall–Kier alpha value is -1.81. The highest BCUT2D eigenvalue weighted by Crippen LogP contribution is 2.27. The molecule has 0 aliphatic heterocycles. The van der Waals surface area contributed by atoms with Crippen molar-refractivity contribution in [1.29, 1.82) is 0 Å². The molecule has 0 amide bonds. The predicted octanol–water partition coefficient (Wildman–Crippen LogP) is 4.03. The van der Waals surface area contributed by atoms with E-state index in [-0.39, 0.29) is 0 Å². The Morgan fingerprint density at radius 3 is 1.76 bits per heavy atom. The van der Waals surface area contributed by atoms with Gasteiger partial charge in [-0.3, -0.25) is 4.72 Å². The summed E-state index contributed by atoms with van der Waals surface area (Å²) >= 11 is 0. The van der Waals surface area contributed by atoms with Crippen molar-refractivity contribution in [3.8, 4) is 0 Å². The van der Waals surface area contributed by atoms with E-state index in [1.807, 2.05) is 52.8 Å². The second kappa shape index (κ2) is 5.53. The van der Waals surface area contributed by atoms with Gasteiger partial charge < -0.3 is 0 Å². The molecule has 0 bridgehead atoms. The van der Waals surface area contributed by atoms with Crippen LogP contribution in [-0.4, -0.2) is 8.42 Å². The topological polar surface area (TPSA) is 46.2 Å². The van der Waals surface area contributed by atoms with Gasteiger partial charge in [0.1, 0.15) is 0 Å². The van der Waals surface area contributed by atoms with Crippen molar-refractivity contribution in [2.24, 2.45) is 0 Å². The van der Waals surface area contributed by atoms with Gasteiger partial charge in [-0.25, -0.2) is 8.42 Å². The van der Waals surface area contributed by atoms with Gasteiger partial charge in [0.25, 0.3) is 10.0 Å². The van der Waals surface area contributed by atoms with Gasteiger partial charge in [0.2, 0.25) is 0 Å². The van der Waals surface area contributed by atoms with E-state index in [9.17, 15) is 8.42 Å². The highest BCUT2D eigenvalue weighted by Gasteiger charge is 2.22. The van der Waals surface area contributed by atoms with Crippen molar-refractivity contribution in [1.82, 2.24) is 0 Å². The van der Waals surface area contributed by atoms with Crippen LogP contribution in [0.5, 0.6) is 0 Å². The molecule has 0 radical (unpaired) electrons. The summed E-state index contributed by atoms with van der Waals surface area (Å²) in [6.45, 7) is 9.55. The second-order valence-electron chi connectivity index (χ2n) is 5.56. The van der Waals surface area contributed by atoms with Crippen molar-refractivity contribution in [3.63, 3.8) is 0 Å². The molecule has 112 valence electrons. The van der Waals surface area contributed by atoms with E-state index in [4.69, 9.17) is 0 Å². The number of benzene rings is 2. The minimum absolute atomic E-state index is 0.389. The standard InChI is InChI=1S/C17H21NO2S/c1-11-6-8-16(9-7-11)18-21(19,20)17-14(4)12(2)10-13(3)15(17)5/h6-10,18H,1-5H3. The fraction of sp³-hybridized carbons (Fsp3) is 0.294. The van der Waals surface area contributed by atoms with Crippen LogP contribution in [0, 0.1) is 34.6 Å². The number of hydrogen-bond donors (Lipinski definition) is 1. The Kier molecular flexibility index (Phi) is 4.10. The lowest BCUT2D eigenvalue weighted by Gasteiger charge is -2.16. The van der Waals surface area contributed by atoms with Crippen LogP contribution < -0.4 is 4.72 Å². The molecule has 0 unspecified atom stereocenters. The lowest BCUT2D eigenvalue weighted by molar-refractivity contribution is 0.599. The highest BCUT2D eigenvalue weighted by atomic mass is 32.2. The summed E-state index contributed by atoms with van der Waals surface area (Å²) in [6.07, 6.45) is 0. The zero-order valence-electron chi connectivity index (χ0n) is 13.1. The molecule has 4 heteroatoms. The van der Waals surface area contributed by atoms with E-state index in [1.165, 1.54) is 0 Å². The molecule has 0 atom stereocenters. The Morgan fingerprint density at radius 1 is 0.810 bits per heavy atom. The zero-order valence-corrected chi connectivity index (χ0v) is 13.9. The summed E-state index contributed by atoms with van der Waals surface area (Å²) in [5.41, 5.74) is 5.26. The van der Waals surface area contributed by atoms with Gasteiger partial charge in [-0.2, -0.15) is 0 Å². The Bertz CT molecular complexity index is 749. The molecule has 0 aliphatic rings. The van der Waals surface area contributed by atoms with E-state index >= 15 is 0 Å². The average Bonchev–Trinajstić information content (AvgIpc) is 2.39. The molecule has 2 rings (SSSR count). The normalized spacial score (nSPS) is 11.5. The first-order valence-corrected chi connectivity index (χ1v) is 8.37. The van der Waals surface area contributed by atoms with E-state index in [0.717, 1.165) is 27.8 Å². The van der Waals surface area contributed by atoms with Gasteiger partial charge in [0.05, 0.1) is 4.90 Å². The fourth-order valence-electron chi connectivity index (χ4n) is 2.41. The van der Waals surface area contributed by atoms with Crippen LogP contribution in [-0.2, 0) is 10.0 Å². The van der Waals surface area contributed by atoms with E-state index in [0.29, 0.717) is 10.6 Å². The molecule has 0 saturated heterocycles. The molecule has 3 nitrogen and oxygen atoms in total. The predicted molar refractivity (Wildman–Crippen MR) is 87.4 cm³/mol. The summed E-state index contributed by atoms with van der Waals surface area (Å²) < 4.78 is 28.1. The molecule has 0 aliphatic carbocycles. The molecule has 0 aromatic heterocycles. The van der Waals surface area contributed by atoms with Crippen LogP contribution in [0.4, 0.5) is 5.69 Å². The molecule has 0 fully saturated rings. The molecular weight excluding hydrogens is 282 g/mol. The molecule has 0 heterocycles. The highest BCUT2D eigenvalue weighted by molar-refractivity contribution is 7.92. The molecule has 1 N–H and O–H groups in total. The quantitative estimate of drug-likeness (QED) is 0.930. The fourth-order valence-corrected chi connectivity index (χ4v) is 4.09. The minimum Gasteiger partial charge on any atom is -0.280 e. The van der Waals surface area contributed by atoms with Crippen LogP contribution in [0.2, 0.25) is 0 Å². The van der Waals surface area contributed by atoms with Crippen LogP contribution in [0.15, 0.2) is 35.2 Å². The van der Waals surface area contributed by atoms with Gasteiger partial charge in [-0.15, -0.1) is 0 Å². The molecule has 2 aromatic carbocycles. The largest absolute Gasteiger partial charge is 0.280 e. The monoisotopic (exact) mass is 303 g/mol. The van der Waals surface area contributed by atoms with Crippen molar-refractivity contribution >= 4 is 15.7 Å².